The Bertz CT molecular complexity index is 489. The number of hydrogen-bond acceptors (Lipinski definition) is 0. The molecule has 0 aliphatic carbocycles. The topological polar surface area (TPSA) is 15.8 Å². The maximum Gasteiger partial charge on any atom is 0.0454 e. The standard InChI is InChI=1S/C13H13N/c1-10(2)3-4-11-5-6-13-12(9-11)7-8-14-13/h3-9,14H,1H2,2H3/b4-3+. The van der Waals surface area contributed by atoms with E-state index in [2.05, 4.69) is 41.9 Å². The van der Waals surface area contributed by atoms with E-state index in [1.807, 2.05) is 19.2 Å². The maximum absolute atomic E-state index is 3.83. The second-order valence-corrected chi connectivity index (χ2v) is 3.50. The molecule has 0 unspecified atom stereocenters. The van der Waals surface area contributed by atoms with Gasteiger partial charge in [-0.05, 0) is 36.1 Å². The Kier molecular flexibility index (Phi) is 2.23. The van der Waals surface area contributed by atoms with Gasteiger partial charge in [-0.15, -0.1) is 0 Å². The molecule has 1 nitrogen and oxygen atoms in total. The average molecular weight is 183 g/mol. The molecule has 0 bridgehead atoms. The van der Waals surface area contributed by atoms with Gasteiger partial charge in [0, 0.05) is 11.7 Å². The average Bonchev–Trinajstić information content (AvgIpc) is 2.61. The smallest absolute Gasteiger partial charge is 0.0454 e. The van der Waals surface area contributed by atoms with E-state index in [1.54, 1.807) is 0 Å². The van der Waals surface area contributed by atoms with E-state index < -0.39 is 0 Å². The van der Waals surface area contributed by atoms with Crippen molar-refractivity contribution in [2.75, 3.05) is 0 Å². The van der Waals surface area contributed by atoms with Crippen LogP contribution < -0.4 is 0 Å². The number of aromatic amines is 1. The van der Waals surface area contributed by atoms with Gasteiger partial charge in [0.05, 0.1) is 0 Å². The molecule has 1 aromatic carbocycles. The molecule has 0 aliphatic heterocycles. The molecule has 0 radical (unpaired) electrons. The van der Waals surface area contributed by atoms with Crippen LogP contribution in [-0.4, -0.2) is 4.98 Å². The highest BCUT2D eigenvalue weighted by Crippen LogP contribution is 2.15. The summed E-state index contributed by atoms with van der Waals surface area (Å²) in [5.74, 6) is 0. The van der Waals surface area contributed by atoms with E-state index in [-0.39, 0.29) is 0 Å². The molecule has 2 aromatic rings. The Balaban J connectivity index is 2.39. The highest BCUT2D eigenvalue weighted by Gasteiger charge is 1.93. The first-order chi connectivity index (χ1) is 6.75. The van der Waals surface area contributed by atoms with Crippen LogP contribution >= 0.6 is 0 Å². The fraction of sp³-hybridized carbons (Fsp3) is 0.0769. The number of aromatic nitrogens is 1. The van der Waals surface area contributed by atoms with Crippen LogP contribution in [0.3, 0.4) is 0 Å². The first-order valence-corrected chi connectivity index (χ1v) is 4.66. The Morgan fingerprint density at radius 3 is 3.00 bits per heavy atom. The molecule has 70 valence electrons. The molecule has 0 fully saturated rings. The van der Waals surface area contributed by atoms with Crippen molar-refractivity contribution in [3.05, 3.63) is 54.3 Å². The number of fused-ring (bicyclic) bond motifs is 1. The van der Waals surface area contributed by atoms with Gasteiger partial charge in [-0.1, -0.05) is 30.4 Å². The number of rotatable bonds is 2. The largest absolute Gasteiger partial charge is 0.361 e. The lowest BCUT2D eigenvalue weighted by atomic mass is 10.1. The van der Waals surface area contributed by atoms with Crippen molar-refractivity contribution in [3.8, 4) is 0 Å². The molecule has 1 heterocycles. The Labute approximate surface area is 83.8 Å². The molecule has 0 aliphatic rings. The highest BCUT2D eigenvalue weighted by molar-refractivity contribution is 5.82. The number of hydrogen-bond donors (Lipinski definition) is 1. The van der Waals surface area contributed by atoms with E-state index in [0.717, 1.165) is 5.57 Å². The molecule has 1 aromatic heterocycles. The molecule has 0 saturated carbocycles. The molecule has 1 N–H and O–H groups in total. The van der Waals surface area contributed by atoms with Gasteiger partial charge in [0.15, 0.2) is 0 Å². The lowest BCUT2D eigenvalue weighted by Gasteiger charge is -1.94. The molecule has 2 rings (SSSR count). The summed E-state index contributed by atoms with van der Waals surface area (Å²) < 4.78 is 0. The van der Waals surface area contributed by atoms with E-state index in [4.69, 9.17) is 0 Å². The zero-order valence-electron chi connectivity index (χ0n) is 8.25. The minimum atomic E-state index is 1.07. The summed E-state index contributed by atoms with van der Waals surface area (Å²) in [6.45, 7) is 5.82. The van der Waals surface area contributed by atoms with Gasteiger partial charge in [-0.25, -0.2) is 0 Å². The summed E-state index contributed by atoms with van der Waals surface area (Å²) in [5.41, 5.74) is 3.46. The van der Waals surface area contributed by atoms with Gasteiger partial charge < -0.3 is 4.98 Å². The predicted octanol–water partition coefficient (Wildman–Crippen LogP) is 3.76. The van der Waals surface area contributed by atoms with Gasteiger partial charge in [-0.3, -0.25) is 0 Å². The summed E-state index contributed by atoms with van der Waals surface area (Å²) >= 11 is 0. The zero-order valence-corrected chi connectivity index (χ0v) is 8.25. The molecular formula is C13H13N. The normalized spacial score (nSPS) is 11.2. The van der Waals surface area contributed by atoms with Crippen LogP contribution in [0.1, 0.15) is 12.5 Å². The molecule has 0 saturated heterocycles. The van der Waals surface area contributed by atoms with Crippen LogP contribution in [0.2, 0.25) is 0 Å². The van der Waals surface area contributed by atoms with Gasteiger partial charge in [0.1, 0.15) is 0 Å². The quantitative estimate of drug-likeness (QED) is 0.682. The SMILES string of the molecule is C=C(C)/C=C/c1ccc2[nH]ccc2c1. The minimum Gasteiger partial charge on any atom is -0.361 e. The molecular weight excluding hydrogens is 170 g/mol. The Morgan fingerprint density at radius 1 is 1.36 bits per heavy atom. The van der Waals surface area contributed by atoms with Crippen LogP contribution in [0.4, 0.5) is 0 Å². The third kappa shape index (κ3) is 1.77. The number of allylic oxidation sites excluding steroid dienone is 2. The lowest BCUT2D eigenvalue weighted by Crippen LogP contribution is -1.72. The lowest BCUT2D eigenvalue weighted by molar-refractivity contribution is 1.48. The van der Waals surface area contributed by atoms with Crippen LogP contribution in [0.25, 0.3) is 17.0 Å². The zero-order chi connectivity index (χ0) is 9.97. The summed E-state index contributed by atoms with van der Waals surface area (Å²) in [4.78, 5) is 3.17. The van der Waals surface area contributed by atoms with Crippen molar-refractivity contribution in [1.82, 2.24) is 4.98 Å². The van der Waals surface area contributed by atoms with Gasteiger partial charge in [-0.2, -0.15) is 0 Å². The second kappa shape index (κ2) is 3.54. The third-order valence-electron chi connectivity index (χ3n) is 2.14. The summed E-state index contributed by atoms with van der Waals surface area (Å²) in [6.07, 6.45) is 6.06. The predicted molar refractivity (Wildman–Crippen MR) is 62.1 cm³/mol. The second-order valence-electron chi connectivity index (χ2n) is 3.50. The van der Waals surface area contributed by atoms with Crippen molar-refractivity contribution < 1.29 is 0 Å². The van der Waals surface area contributed by atoms with Crippen LogP contribution in [-0.2, 0) is 0 Å². The number of nitrogens with one attached hydrogen (secondary N) is 1. The van der Waals surface area contributed by atoms with Crippen molar-refractivity contribution >= 4 is 17.0 Å². The highest BCUT2D eigenvalue weighted by atomic mass is 14.7. The van der Waals surface area contributed by atoms with Crippen LogP contribution in [0, 0.1) is 0 Å². The molecule has 14 heavy (non-hydrogen) atoms. The molecule has 0 spiro atoms. The summed E-state index contributed by atoms with van der Waals surface area (Å²) in [6, 6.07) is 8.42. The Hall–Kier alpha value is -1.76. The molecule has 0 atom stereocenters. The van der Waals surface area contributed by atoms with E-state index in [9.17, 15) is 0 Å². The van der Waals surface area contributed by atoms with Crippen molar-refractivity contribution in [1.29, 1.82) is 0 Å². The summed E-state index contributed by atoms with van der Waals surface area (Å²) in [5, 5.41) is 1.24. The summed E-state index contributed by atoms with van der Waals surface area (Å²) in [7, 11) is 0. The van der Waals surface area contributed by atoms with Crippen LogP contribution in [0.15, 0.2) is 48.7 Å². The van der Waals surface area contributed by atoms with E-state index in [0.29, 0.717) is 0 Å². The number of H-pyrrole nitrogens is 1. The fourth-order valence-electron chi connectivity index (χ4n) is 1.41. The molecule has 0 amide bonds. The van der Waals surface area contributed by atoms with Crippen LogP contribution in [0.5, 0.6) is 0 Å². The van der Waals surface area contributed by atoms with Gasteiger partial charge in [0.25, 0.3) is 0 Å². The first-order valence-electron chi connectivity index (χ1n) is 4.66. The third-order valence-corrected chi connectivity index (χ3v) is 2.14. The van der Waals surface area contributed by atoms with Gasteiger partial charge in [0.2, 0.25) is 0 Å². The fourth-order valence-corrected chi connectivity index (χ4v) is 1.41. The van der Waals surface area contributed by atoms with Crippen molar-refractivity contribution in [3.63, 3.8) is 0 Å². The Morgan fingerprint density at radius 2 is 2.21 bits per heavy atom. The maximum atomic E-state index is 3.83. The van der Waals surface area contributed by atoms with Gasteiger partial charge >= 0.3 is 0 Å². The van der Waals surface area contributed by atoms with E-state index >= 15 is 0 Å². The first kappa shape index (κ1) is 8.82. The monoisotopic (exact) mass is 183 g/mol. The number of benzene rings is 1. The molecule has 1 heteroatoms. The minimum absolute atomic E-state index is 1.07. The van der Waals surface area contributed by atoms with E-state index in [1.165, 1.54) is 16.5 Å². The van der Waals surface area contributed by atoms with Crippen molar-refractivity contribution in [2.24, 2.45) is 0 Å². The van der Waals surface area contributed by atoms with Crippen molar-refractivity contribution in [2.45, 2.75) is 6.92 Å².